The van der Waals surface area contributed by atoms with Crippen molar-refractivity contribution < 1.29 is 9.53 Å². The van der Waals surface area contributed by atoms with Gasteiger partial charge in [0.25, 0.3) is 0 Å². The molecule has 1 aromatic carbocycles. The molecule has 0 saturated heterocycles. The Morgan fingerprint density at radius 1 is 1.25 bits per heavy atom. The summed E-state index contributed by atoms with van der Waals surface area (Å²) in [5.41, 5.74) is 1.47. The highest BCUT2D eigenvalue weighted by molar-refractivity contribution is 5.99. The molecule has 0 fully saturated rings. The normalized spacial score (nSPS) is 10.3. The van der Waals surface area contributed by atoms with Crippen LogP contribution in [0.3, 0.4) is 0 Å². The first-order valence-electron chi connectivity index (χ1n) is 6.59. The van der Waals surface area contributed by atoms with E-state index in [9.17, 15) is 4.79 Å². The number of nitrogens with zero attached hydrogens (tertiary/aromatic N) is 1. The lowest BCUT2D eigenvalue weighted by molar-refractivity contribution is 0.100. The van der Waals surface area contributed by atoms with Crippen molar-refractivity contribution in [2.75, 3.05) is 11.9 Å². The van der Waals surface area contributed by atoms with Crippen LogP contribution < -0.4 is 10.1 Å². The van der Waals surface area contributed by atoms with E-state index >= 15 is 0 Å². The number of nitrogens with one attached hydrogen (secondary N) is 1. The van der Waals surface area contributed by atoms with Crippen molar-refractivity contribution in [3.8, 4) is 5.75 Å². The molecular formula is C16H18N2O2. The summed E-state index contributed by atoms with van der Waals surface area (Å²) < 4.78 is 5.53. The van der Waals surface area contributed by atoms with Crippen molar-refractivity contribution >= 4 is 11.5 Å². The maximum atomic E-state index is 12.1. The first kappa shape index (κ1) is 14.1. The summed E-state index contributed by atoms with van der Waals surface area (Å²) in [4.78, 5) is 16.1. The molecule has 4 heteroatoms. The van der Waals surface area contributed by atoms with Crippen molar-refractivity contribution in [3.63, 3.8) is 0 Å². The lowest BCUT2D eigenvalue weighted by atomic mass is 10.2. The number of Topliss-reactive ketones (excluding diaryl/α,β-unsaturated/α-hetero) is 1. The van der Waals surface area contributed by atoms with Crippen LogP contribution in [0, 0.1) is 0 Å². The second kappa shape index (κ2) is 6.70. The monoisotopic (exact) mass is 270 g/mol. The topological polar surface area (TPSA) is 51.2 Å². The molecule has 0 bridgehead atoms. The van der Waals surface area contributed by atoms with E-state index in [-0.39, 0.29) is 18.4 Å². The Hall–Kier alpha value is -2.36. The number of anilines is 1. The van der Waals surface area contributed by atoms with Gasteiger partial charge in [0.05, 0.1) is 18.8 Å². The zero-order valence-electron chi connectivity index (χ0n) is 11.7. The quantitative estimate of drug-likeness (QED) is 0.819. The van der Waals surface area contributed by atoms with Crippen LogP contribution in [0.15, 0.2) is 48.8 Å². The minimum atomic E-state index is -0.0180. The number of ether oxygens (including phenoxy) is 1. The van der Waals surface area contributed by atoms with Gasteiger partial charge in [0.2, 0.25) is 0 Å². The number of benzene rings is 1. The molecule has 4 nitrogen and oxygen atoms in total. The standard InChI is InChI=1S/C16H18N2O2/c1-12(2)20-15-8-13(9-17-10-15)16(19)11-18-14-6-4-3-5-7-14/h3-10,12,18H,11H2,1-2H3. The van der Waals surface area contributed by atoms with Gasteiger partial charge in [-0.2, -0.15) is 0 Å². The molecule has 1 N–H and O–H groups in total. The van der Waals surface area contributed by atoms with E-state index in [1.54, 1.807) is 18.5 Å². The fourth-order valence-electron chi connectivity index (χ4n) is 1.75. The van der Waals surface area contributed by atoms with Gasteiger partial charge in [-0.3, -0.25) is 9.78 Å². The van der Waals surface area contributed by atoms with Crippen LogP contribution in [-0.4, -0.2) is 23.4 Å². The van der Waals surface area contributed by atoms with E-state index in [1.807, 2.05) is 44.2 Å². The first-order valence-corrected chi connectivity index (χ1v) is 6.59. The predicted molar refractivity (Wildman–Crippen MR) is 79.3 cm³/mol. The van der Waals surface area contributed by atoms with Crippen LogP contribution in [0.5, 0.6) is 5.75 Å². The third-order valence-electron chi connectivity index (χ3n) is 2.63. The van der Waals surface area contributed by atoms with E-state index in [1.165, 1.54) is 0 Å². The number of rotatable bonds is 6. The molecule has 0 aliphatic rings. The third kappa shape index (κ3) is 4.09. The minimum absolute atomic E-state index is 0.0180. The number of carbonyl (C=O) groups is 1. The Balaban J connectivity index is 1.98. The highest BCUT2D eigenvalue weighted by Crippen LogP contribution is 2.14. The molecular weight excluding hydrogens is 252 g/mol. The molecule has 0 amide bonds. The Kier molecular flexibility index (Phi) is 4.71. The lowest BCUT2D eigenvalue weighted by Gasteiger charge is -2.10. The van der Waals surface area contributed by atoms with Crippen LogP contribution in [0.2, 0.25) is 0 Å². The van der Waals surface area contributed by atoms with Gasteiger partial charge >= 0.3 is 0 Å². The average molecular weight is 270 g/mol. The van der Waals surface area contributed by atoms with Crippen LogP contribution in [0.1, 0.15) is 24.2 Å². The van der Waals surface area contributed by atoms with E-state index < -0.39 is 0 Å². The highest BCUT2D eigenvalue weighted by atomic mass is 16.5. The molecule has 0 radical (unpaired) electrons. The molecule has 0 atom stereocenters. The SMILES string of the molecule is CC(C)Oc1cncc(C(=O)CNc2ccccc2)c1. The van der Waals surface area contributed by atoms with Crippen molar-refractivity contribution in [2.45, 2.75) is 20.0 Å². The smallest absolute Gasteiger partial charge is 0.183 e. The highest BCUT2D eigenvalue weighted by Gasteiger charge is 2.08. The molecule has 0 spiro atoms. The van der Waals surface area contributed by atoms with E-state index in [0.717, 1.165) is 5.69 Å². The molecule has 1 aromatic heterocycles. The van der Waals surface area contributed by atoms with Crippen molar-refractivity contribution in [1.29, 1.82) is 0 Å². The van der Waals surface area contributed by atoms with E-state index in [4.69, 9.17) is 4.74 Å². The Labute approximate surface area is 118 Å². The zero-order chi connectivity index (χ0) is 14.4. The van der Waals surface area contributed by atoms with Gasteiger partial charge in [-0.15, -0.1) is 0 Å². The number of ketones is 1. The second-order valence-corrected chi connectivity index (χ2v) is 4.72. The van der Waals surface area contributed by atoms with Crippen LogP contribution in [-0.2, 0) is 0 Å². The molecule has 20 heavy (non-hydrogen) atoms. The van der Waals surface area contributed by atoms with Gasteiger partial charge in [0.1, 0.15) is 5.75 Å². The van der Waals surface area contributed by atoms with Gasteiger partial charge in [-0.05, 0) is 32.0 Å². The molecule has 2 rings (SSSR count). The summed E-state index contributed by atoms with van der Waals surface area (Å²) in [7, 11) is 0. The number of para-hydroxylation sites is 1. The fraction of sp³-hybridized carbons (Fsp3) is 0.250. The Morgan fingerprint density at radius 2 is 2.00 bits per heavy atom. The maximum absolute atomic E-state index is 12.1. The zero-order valence-corrected chi connectivity index (χ0v) is 11.7. The third-order valence-corrected chi connectivity index (χ3v) is 2.63. The number of aromatic nitrogens is 1. The van der Waals surface area contributed by atoms with Gasteiger partial charge in [0, 0.05) is 17.4 Å². The van der Waals surface area contributed by atoms with Gasteiger partial charge in [-0.1, -0.05) is 18.2 Å². The number of hydrogen-bond donors (Lipinski definition) is 1. The molecule has 1 heterocycles. The summed E-state index contributed by atoms with van der Waals surface area (Å²) in [5.74, 6) is 0.598. The van der Waals surface area contributed by atoms with Crippen molar-refractivity contribution in [2.24, 2.45) is 0 Å². The molecule has 2 aromatic rings. The summed E-state index contributed by atoms with van der Waals surface area (Å²) in [6.45, 7) is 4.10. The number of pyridine rings is 1. The predicted octanol–water partition coefficient (Wildman–Crippen LogP) is 3.16. The summed E-state index contributed by atoms with van der Waals surface area (Å²) in [5, 5.41) is 3.09. The molecule has 104 valence electrons. The largest absolute Gasteiger partial charge is 0.489 e. The molecule has 0 saturated carbocycles. The second-order valence-electron chi connectivity index (χ2n) is 4.72. The summed E-state index contributed by atoms with van der Waals surface area (Å²) in [6.07, 6.45) is 3.23. The Bertz CT molecular complexity index is 568. The van der Waals surface area contributed by atoms with Crippen molar-refractivity contribution in [3.05, 3.63) is 54.4 Å². The van der Waals surface area contributed by atoms with Gasteiger partial charge < -0.3 is 10.1 Å². The maximum Gasteiger partial charge on any atom is 0.183 e. The lowest BCUT2D eigenvalue weighted by Crippen LogP contribution is -2.14. The van der Waals surface area contributed by atoms with Crippen LogP contribution >= 0.6 is 0 Å². The molecule has 0 aliphatic carbocycles. The van der Waals surface area contributed by atoms with Crippen LogP contribution in [0.25, 0.3) is 0 Å². The fourth-order valence-corrected chi connectivity index (χ4v) is 1.75. The summed E-state index contributed by atoms with van der Waals surface area (Å²) >= 11 is 0. The van der Waals surface area contributed by atoms with E-state index in [0.29, 0.717) is 11.3 Å². The van der Waals surface area contributed by atoms with Gasteiger partial charge in [-0.25, -0.2) is 0 Å². The molecule has 0 aliphatic heterocycles. The van der Waals surface area contributed by atoms with E-state index in [2.05, 4.69) is 10.3 Å². The summed E-state index contributed by atoms with van der Waals surface area (Å²) in [6, 6.07) is 11.3. The van der Waals surface area contributed by atoms with Gasteiger partial charge in [0.15, 0.2) is 5.78 Å². The minimum Gasteiger partial charge on any atom is -0.489 e. The average Bonchev–Trinajstić information content (AvgIpc) is 2.45. The Morgan fingerprint density at radius 3 is 2.70 bits per heavy atom. The number of hydrogen-bond acceptors (Lipinski definition) is 4. The van der Waals surface area contributed by atoms with Crippen LogP contribution in [0.4, 0.5) is 5.69 Å². The molecule has 0 unspecified atom stereocenters. The van der Waals surface area contributed by atoms with Crippen molar-refractivity contribution in [1.82, 2.24) is 4.98 Å². The first-order chi connectivity index (χ1) is 9.65. The number of carbonyl (C=O) groups excluding carboxylic acids is 1.